The van der Waals surface area contributed by atoms with Gasteiger partial charge in [0.05, 0.1) is 0 Å². The van der Waals surface area contributed by atoms with Crippen molar-refractivity contribution in [1.29, 1.82) is 0 Å². The first-order valence-corrected chi connectivity index (χ1v) is 6.37. The predicted molar refractivity (Wildman–Crippen MR) is 68.4 cm³/mol. The summed E-state index contributed by atoms with van der Waals surface area (Å²) in [5, 5.41) is 3.59. The fourth-order valence-corrected chi connectivity index (χ4v) is 2.69. The van der Waals surface area contributed by atoms with E-state index in [9.17, 15) is 4.79 Å². The molecule has 0 radical (unpaired) electrons. The van der Waals surface area contributed by atoms with E-state index in [0.717, 1.165) is 13.0 Å². The van der Waals surface area contributed by atoms with E-state index >= 15 is 0 Å². The Kier molecular flexibility index (Phi) is 3.83. The molecule has 2 unspecified atom stereocenters. The SMILES string of the molecule is CC(C)(C)C1CC(=O)CCNC1C(C)(C)C. The molecule has 0 aromatic carbocycles. The minimum atomic E-state index is 0.185. The van der Waals surface area contributed by atoms with Crippen LogP contribution in [0, 0.1) is 16.7 Å². The van der Waals surface area contributed by atoms with Gasteiger partial charge in [-0.2, -0.15) is 0 Å². The van der Waals surface area contributed by atoms with Gasteiger partial charge < -0.3 is 5.32 Å². The third kappa shape index (κ3) is 3.31. The highest BCUT2D eigenvalue weighted by atomic mass is 16.1. The van der Waals surface area contributed by atoms with Crippen LogP contribution in [0.4, 0.5) is 0 Å². The highest BCUT2D eigenvalue weighted by molar-refractivity contribution is 5.79. The van der Waals surface area contributed by atoms with Gasteiger partial charge in [-0.3, -0.25) is 4.79 Å². The fourth-order valence-electron chi connectivity index (χ4n) is 2.69. The van der Waals surface area contributed by atoms with E-state index in [1.165, 1.54) is 0 Å². The van der Waals surface area contributed by atoms with Crippen LogP contribution in [0.15, 0.2) is 0 Å². The van der Waals surface area contributed by atoms with Crippen molar-refractivity contribution in [3.8, 4) is 0 Å². The summed E-state index contributed by atoms with van der Waals surface area (Å²) in [5.41, 5.74) is 0.396. The van der Waals surface area contributed by atoms with Crippen molar-refractivity contribution in [3.63, 3.8) is 0 Å². The third-order valence-electron chi connectivity index (χ3n) is 3.66. The van der Waals surface area contributed by atoms with Gasteiger partial charge in [0.15, 0.2) is 0 Å². The summed E-state index contributed by atoms with van der Waals surface area (Å²) in [5.74, 6) is 0.849. The minimum absolute atomic E-state index is 0.185. The summed E-state index contributed by atoms with van der Waals surface area (Å²) in [7, 11) is 0. The summed E-state index contributed by atoms with van der Waals surface area (Å²) in [6.45, 7) is 14.4. The van der Waals surface area contributed by atoms with Crippen molar-refractivity contribution in [2.24, 2.45) is 16.7 Å². The topological polar surface area (TPSA) is 29.1 Å². The summed E-state index contributed by atoms with van der Waals surface area (Å²) < 4.78 is 0. The zero-order valence-electron chi connectivity index (χ0n) is 11.7. The van der Waals surface area contributed by atoms with Crippen LogP contribution in [0.1, 0.15) is 54.4 Å². The lowest BCUT2D eigenvalue weighted by Gasteiger charge is -2.43. The number of nitrogens with one attached hydrogen (secondary N) is 1. The van der Waals surface area contributed by atoms with Crippen LogP contribution in [0.3, 0.4) is 0 Å². The van der Waals surface area contributed by atoms with Crippen molar-refractivity contribution in [2.75, 3.05) is 6.54 Å². The monoisotopic (exact) mass is 225 g/mol. The van der Waals surface area contributed by atoms with E-state index in [0.29, 0.717) is 24.2 Å². The quantitative estimate of drug-likeness (QED) is 0.686. The Hall–Kier alpha value is -0.370. The summed E-state index contributed by atoms with van der Waals surface area (Å²) in [4.78, 5) is 11.8. The molecule has 1 saturated heterocycles. The number of carbonyl (C=O) groups is 1. The Balaban J connectivity index is 2.98. The largest absolute Gasteiger partial charge is 0.313 e. The average molecular weight is 225 g/mol. The van der Waals surface area contributed by atoms with Gasteiger partial charge in [0, 0.05) is 25.4 Å². The van der Waals surface area contributed by atoms with Gasteiger partial charge >= 0.3 is 0 Å². The Labute approximate surface area is 100 Å². The average Bonchev–Trinajstić information content (AvgIpc) is 2.23. The maximum atomic E-state index is 11.8. The molecule has 16 heavy (non-hydrogen) atoms. The van der Waals surface area contributed by atoms with E-state index in [1.807, 2.05) is 0 Å². The highest BCUT2D eigenvalue weighted by Crippen LogP contribution is 2.39. The summed E-state index contributed by atoms with van der Waals surface area (Å²) >= 11 is 0. The molecule has 2 heteroatoms. The number of Topliss-reactive ketones (excluding diaryl/α,β-unsaturated/α-hetero) is 1. The van der Waals surface area contributed by atoms with Crippen LogP contribution in [-0.2, 0) is 4.79 Å². The van der Waals surface area contributed by atoms with Crippen molar-refractivity contribution in [2.45, 2.75) is 60.4 Å². The number of hydrogen-bond acceptors (Lipinski definition) is 2. The molecule has 2 atom stereocenters. The highest BCUT2D eigenvalue weighted by Gasteiger charge is 2.40. The van der Waals surface area contributed by atoms with Gasteiger partial charge in [-0.25, -0.2) is 0 Å². The maximum absolute atomic E-state index is 11.8. The van der Waals surface area contributed by atoms with E-state index in [-0.39, 0.29) is 10.8 Å². The summed E-state index contributed by atoms with van der Waals surface area (Å²) in [6, 6.07) is 0.430. The first kappa shape index (κ1) is 13.7. The molecule has 0 saturated carbocycles. The molecule has 0 aromatic rings. The Morgan fingerprint density at radius 1 is 1.06 bits per heavy atom. The van der Waals surface area contributed by atoms with Crippen LogP contribution in [0.25, 0.3) is 0 Å². The molecule has 2 nitrogen and oxygen atoms in total. The predicted octanol–water partition coefficient (Wildman–Crippen LogP) is 3.02. The van der Waals surface area contributed by atoms with Crippen molar-refractivity contribution in [1.82, 2.24) is 5.32 Å². The Morgan fingerprint density at radius 2 is 1.62 bits per heavy atom. The van der Waals surface area contributed by atoms with Crippen molar-refractivity contribution < 1.29 is 4.79 Å². The fraction of sp³-hybridized carbons (Fsp3) is 0.929. The van der Waals surface area contributed by atoms with Crippen molar-refractivity contribution in [3.05, 3.63) is 0 Å². The second kappa shape index (κ2) is 4.48. The lowest BCUT2D eigenvalue weighted by atomic mass is 9.67. The van der Waals surface area contributed by atoms with Gasteiger partial charge in [0.25, 0.3) is 0 Å². The zero-order valence-corrected chi connectivity index (χ0v) is 11.7. The first-order valence-electron chi connectivity index (χ1n) is 6.37. The smallest absolute Gasteiger partial charge is 0.134 e. The normalized spacial score (nSPS) is 29.0. The van der Waals surface area contributed by atoms with Gasteiger partial charge in [-0.15, -0.1) is 0 Å². The zero-order chi connectivity index (χ0) is 12.6. The Morgan fingerprint density at radius 3 is 2.06 bits per heavy atom. The van der Waals surface area contributed by atoms with E-state index in [4.69, 9.17) is 0 Å². The minimum Gasteiger partial charge on any atom is -0.313 e. The maximum Gasteiger partial charge on any atom is 0.134 e. The molecule has 1 aliphatic heterocycles. The molecule has 0 aromatic heterocycles. The molecule has 0 amide bonds. The van der Waals surface area contributed by atoms with Crippen LogP contribution in [0.2, 0.25) is 0 Å². The molecule has 0 spiro atoms. The van der Waals surface area contributed by atoms with Gasteiger partial charge in [0.2, 0.25) is 0 Å². The molecule has 94 valence electrons. The first-order chi connectivity index (χ1) is 7.12. The molecule has 0 aliphatic carbocycles. The van der Waals surface area contributed by atoms with Crippen LogP contribution >= 0.6 is 0 Å². The third-order valence-corrected chi connectivity index (χ3v) is 3.66. The summed E-state index contributed by atoms with van der Waals surface area (Å²) in [6.07, 6.45) is 1.43. The second-order valence-electron chi connectivity index (χ2n) is 7.26. The standard InChI is InChI=1S/C14H27NO/c1-13(2,3)11-9-10(16)7-8-15-12(11)14(4,5)6/h11-12,15H,7-9H2,1-6H3. The molecular formula is C14H27NO. The van der Waals surface area contributed by atoms with Crippen molar-refractivity contribution >= 4 is 5.78 Å². The molecular weight excluding hydrogens is 198 g/mol. The van der Waals surface area contributed by atoms with Crippen LogP contribution < -0.4 is 5.32 Å². The molecule has 1 heterocycles. The van der Waals surface area contributed by atoms with Gasteiger partial charge in [-0.05, 0) is 16.7 Å². The second-order valence-corrected chi connectivity index (χ2v) is 7.26. The Bertz CT molecular complexity index is 257. The lowest BCUT2D eigenvalue weighted by Crippen LogP contribution is -2.49. The molecule has 1 rings (SSSR count). The molecule has 0 bridgehead atoms. The van der Waals surface area contributed by atoms with Crippen LogP contribution in [0.5, 0.6) is 0 Å². The number of ketones is 1. The molecule has 1 N–H and O–H groups in total. The lowest BCUT2D eigenvalue weighted by molar-refractivity contribution is -0.120. The van der Waals surface area contributed by atoms with Crippen LogP contribution in [-0.4, -0.2) is 18.4 Å². The van der Waals surface area contributed by atoms with Gasteiger partial charge in [-0.1, -0.05) is 41.5 Å². The number of carbonyl (C=O) groups excluding carboxylic acids is 1. The van der Waals surface area contributed by atoms with E-state index in [1.54, 1.807) is 0 Å². The molecule has 1 fully saturated rings. The number of rotatable bonds is 0. The van der Waals surface area contributed by atoms with E-state index in [2.05, 4.69) is 46.9 Å². The van der Waals surface area contributed by atoms with Gasteiger partial charge in [0.1, 0.15) is 5.78 Å². The van der Waals surface area contributed by atoms with E-state index < -0.39 is 0 Å². The number of hydrogen-bond donors (Lipinski definition) is 1. The molecule has 1 aliphatic rings.